The highest BCUT2D eigenvalue weighted by molar-refractivity contribution is 5.80. The molecule has 4 aromatic rings. The lowest BCUT2D eigenvalue weighted by atomic mass is 10.2. The summed E-state index contributed by atoms with van der Waals surface area (Å²) in [5.74, 6) is -0.277. The van der Waals surface area contributed by atoms with Gasteiger partial charge in [0.05, 0.1) is 23.3 Å². The molecule has 0 aliphatic carbocycles. The summed E-state index contributed by atoms with van der Waals surface area (Å²) >= 11 is 0. The lowest BCUT2D eigenvalue weighted by molar-refractivity contribution is -0.122. The van der Waals surface area contributed by atoms with Crippen molar-refractivity contribution in [1.29, 1.82) is 0 Å². The minimum atomic E-state index is -0.526. The predicted octanol–water partition coefficient (Wildman–Crippen LogP) is 3.16. The van der Waals surface area contributed by atoms with Crippen molar-refractivity contribution < 1.29 is 13.6 Å². The number of hydrogen-bond donors (Lipinski definition) is 1. The summed E-state index contributed by atoms with van der Waals surface area (Å²) in [5.41, 5.74) is 0.658. The zero-order chi connectivity index (χ0) is 19.0. The van der Waals surface area contributed by atoms with Crippen molar-refractivity contribution in [2.24, 2.45) is 0 Å². The second-order valence-corrected chi connectivity index (χ2v) is 6.31. The van der Waals surface area contributed by atoms with E-state index in [2.05, 4.69) is 10.3 Å². The molecule has 2 aromatic carbocycles. The quantitative estimate of drug-likeness (QED) is 0.603. The molecule has 4 rings (SSSR count). The average molecular weight is 365 g/mol. The van der Waals surface area contributed by atoms with E-state index in [9.17, 15) is 14.0 Å². The lowest BCUT2D eigenvalue weighted by Gasteiger charge is -2.12. The molecule has 0 saturated heterocycles. The van der Waals surface area contributed by atoms with Gasteiger partial charge in [-0.15, -0.1) is 0 Å². The Hall–Kier alpha value is -3.48. The summed E-state index contributed by atoms with van der Waals surface area (Å²) in [6, 6.07) is 12.9. The predicted molar refractivity (Wildman–Crippen MR) is 98.7 cm³/mol. The summed E-state index contributed by atoms with van der Waals surface area (Å²) in [5, 5.41) is 3.88. The molecule has 1 amide bonds. The number of hydrogen-bond acceptors (Lipinski definition) is 4. The molecule has 136 valence electrons. The lowest BCUT2D eigenvalue weighted by Crippen LogP contribution is -2.33. The van der Waals surface area contributed by atoms with Crippen molar-refractivity contribution in [3.8, 4) is 0 Å². The fraction of sp³-hybridized carbons (Fsp3) is 0.150. The summed E-state index contributed by atoms with van der Waals surface area (Å²) in [6.45, 7) is 1.58. The Kier molecular flexibility index (Phi) is 4.19. The molecule has 0 saturated carbocycles. The standard InChI is InChI=1S/C20H16FN3O3/c1-12(18-8-13-4-2-3-5-17(13)27-18)23-19(25)10-24-11-22-16-7-6-14(21)9-15(16)20(24)26/h2-9,11-12H,10H2,1H3,(H,23,25). The molecule has 2 heterocycles. The largest absolute Gasteiger partial charge is 0.459 e. The Morgan fingerprint density at radius 1 is 1.26 bits per heavy atom. The molecule has 27 heavy (non-hydrogen) atoms. The van der Waals surface area contributed by atoms with Crippen LogP contribution in [-0.4, -0.2) is 15.5 Å². The van der Waals surface area contributed by atoms with E-state index < -0.39 is 11.4 Å². The Bertz CT molecular complexity index is 1180. The topological polar surface area (TPSA) is 77.1 Å². The van der Waals surface area contributed by atoms with Gasteiger partial charge >= 0.3 is 0 Å². The second-order valence-electron chi connectivity index (χ2n) is 6.31. The van der Waals surface area contributed by atoms with Crippen LogP contribution in [0.4, 0.5) is 4.39 Å². The van der Waals surface area contributed by atoms with Crippen molar-refractivity contribution in [2.75, 3.05) is 0 Å². The van der Waals surface area contributed by atoms with Crippen molar-refractivity contribution in [1.82, 2.24) is 14.9 Å². The number of para-hydroxylation sites is 1. The zero-order valence-corrected chi connectivity index (χ0v) is 14.5. The second kappa shape index (κ2) is 6.68. The van der Waals surface area contributed by atoms with Gasteiger partial charge in [-0.2, -0.15) is 0 Å². The third-order valence-corrected chi connectivity index (χ3v) is 4.35. The van der Waals surface area contributed by atoms with E-state index >= 15 is 0 Å². The molecule has 0 radical (unpaired) electrons. The van der Waals surface area contributed by atoms with Crippen LogP contribution in [0.25, 0.3) is 21.9 Å². The number of nitrogens with zero attached hydrogens (tertiary/aromatic N) is 2. The maximum absolute atomic E-state index is 13.4. The first kappa shape index (κ1) is 17.0. The molecule has 0 bridgehead atoms. The molecule has 7 heteroatoms. The first-order valence-electron chi connectivity index (χ1n) is 8.44. The van der Waals surface area contributed by atoms with Crippen LogP contribution in [0.1, 0.15) is 18.7 Å². The van der Waals surface area contributed by atoms with E-state index in [1.807, 2.05) is 30.3 Å². The fourth-order valence-electron chi connectivity index (χ4n) is 2.97. The summed E-state index contributed by atoms with van der Waals surface area (Å²) in [7, 11) is 0. The van der Waals surface area contributed by atoms with Gasteiger partial charge in [-0.25, -0.2) is 9.37 Å². The number of amides is 1. The Morgan fingerprint density at radius 3 is 2.89 bits per heavy atom. The van der Waals surface area contributed by atoms with Crippen LogP contribution in [-0.2, 0) is 11.3 Å². The van der Waals surface area contributed by atoms with E-state index in [4.69, 9.17) is 4.42 Å². The van der Waals surface area contributed by atoms with E-state index in [1.165, 1.54) is 18.5 Å². The number of carbonyl (C=O) groups is 1. The number of carbonyl (C=O) groups excluding carboxylic acids is 1. The fourth-order valence-corrected chi connectivity index (χ4v) is 2.97. The first-order valence-corrected chi connectivity index (χ1v) is 8.44. The summed E-state index contributed by atoms with van der Waals surface area (Å²) in [4.78, 5) is 28.9. The van der Waals surface area contributed by atoms with Gasteiger partial charge in [-0.3, -0.25) is 14.2 Å². The van der Waals surface area contributed by atoms with Gasteiger partial charge in [-0.1, -0.05) is 18.2 Å². The minimum Gasteiger partial charge on any atom is -0.459 e. The molecule has 0 spiro atoms. The average Bonchev–Trinajstić information content (AvgIpc) is 3.09. The molecule has 0 aliphatic rings. The zero-order valence-electron chi connectivity index (χ0n) is 14.5. The number of fused-ring (bicyclic) bond motifs is 2. The third-order valence-electron chi connectivity index (χ3n) is 4.35. The summed E-state index contributed by atoms with van der Waals surface area (Å²) in [6.07, 6.45) is 1.29. The van der Waals surface area contributed by atoms with Crippen molar-refractivity contribution in [2.45, 2.75) is 19.5 Å². The number of benzene rings is 2. The van der Waals surface area contributed by atoms with Crippen LogP contribution in [0.15, 0.2) is 64.1 Å². The van der Waals surface area contributed by atoms with Gasteiger partial charge in [0.25, 0.3) is 5.56 Å². The van der Waals surface area contributed by atoms with Gasteiger partial charge in [0.2, 0.25) is 5.91 Å². The highest BCUT2D eigenvalue weighted by atomic mass is 19.1. The molecule has 1 N–H and O–H groups in total. The molecular weight excluding hydrogens is 349 g/mol. The van der Waals surface area contributed by atoms with Crippen molar-refractivity contribution in [3.05, 3.63) is 76.8 Å². The van der Waals surface area contributed by atoms with Crippen molar-refractivity contribution in [3.63, 3.8) is 0 Å². The number of aromatic nitrogens is 2. The monoisotopic (exact) mass is 365 g/mol. The number of rotatable bonds is 4. The number of furan rings is 1. The van der Waals surface area contributed by atoms with E-state index in [-0.39, 0.29) is 23.9 Å². The van der Waals surface area contributed by atoms with Gasteiger partial charge in [0.15, 0.2) is 0 Å². The smallest absolute Gasteiger partial charge is 0.261 e. The maximum atomic E-state index is 13.4. The molecule has 0 fully saturated rings. The van der Waals surface area contributed by atoms with Gasteiger partial charge < -0.3 is 9.73 Å². The SMILES string of the molecule is CC(NC(=O)Cn1cnc2ccc(F)cc2c1=O)c1cc2ccccc2o1. The first-order chi connectivity index (χ1) is 13.0. The van der Waals surface area contributed by atoms with E-state index in [0.29, 0.717) is 11.3 Å². The van der Waals surface area contributed by atoms with Crippen LogP contribution in [0.5, 0.6) is 0 Å². The van der Waals surface area contributed by atoms with Gasteiger partial charge in [0.1, 0.15) is 23.7 Å². The molecule has 2 aromatic heterocycles. The Labute approximate surface area is 153 Å². The molecular formula is C20H16FN3O3. The number of halogens is 1. The molecule has 1 atom stereocenters. The van der Waals surface area contributed by atoms with Gasteiger partial charge in [-0.05, 0) is 37.3 Å². The van der Waals surface area contributed by atoms with E-state index in [0.717, 1.165) is 21.6 Å². The Morgan fingerprint density at radius 2 is 2.07 bits per heavy atom. The molecule has 1 unspecified atom stereocenters. The van der Waals surface area contributed by atoms with Crippen LogP contribution >= 0.6 is 0 Å². The maximum Gasteiger partial charge on any atom is 0.261 e. The van der Waals surface area contributed by atoms with Crippen molar-refractivity contribution >= 4 is 27.8 Å². The Balaban J connectivity index is 1.53. The summed E-state index contributed by atoms with van der Waals surface area (Å²) < 4.78 is 20.3. The number of nitrogens with one attached hydrogen (secondary N) is 1. The molecule has 0 aliphatic heterocycles. The highest BCUT2D eigenvalue weighted by Crippen LogP contribution is 2.23. The van der Waals surface area contributed by atoms with Gasteiger partial charge in [0, 0.05) is 5.39 Å². The molecule has 6 nitrogen and oxygen atoms in total. The van der Waals surface area contributed by atoms with Crippen LogP contribution < -0.4 is 10.9 Å². The minimum absolute atomic E-state index is 0.135. The van der Waals surface area contributed by atoms with Crippen LogP contribution in [0.2, 0.25) is 0 Å². The normalized spacial score (nSPS) is 12.4. The van der Waals surface area contributed by atoms with Crippen LogP contribution in [0.3, 0.4) is 0 Å². The van der Waals surface area contributed by atoms with Crippen LogP contribution in [0, 0.1) is 5.82 Å². The highest BCUT2D eigenvalue weighted by Gasteiger charge is 2.15. The third kappa shape index (κ3) is 3.31. The van der Waals surface area contributed by atoms with E-state index in [1.54, 1.807) is 6.92 Å².